The Morgan fingerprint density at radius 3 is 0.920 bits per heavy atom. The topological polar surface area (TPSA) is 55.7 Å². The van der Waals surface area contributed by atoms with E-state index in [1.807, 2.05) is 13.8 Å². The zero-order valence-electron chi connectivity index (χ0n) is 65.1. The van der Waals surface area contributed by atoms with Crippen molar-refractivity contribution in [2.75, 3.05) is 13.2 Å². The number of benzene rings is 8. The summed E-state index contributed by atoms with van der Waals surface area (Å²) in [6.45, 7) is 54.4. The van der Waals surface area contributed by atoms with Gasteiger partial charge in [-0.3, -0.25) is 0 Å². The largest absolute Gasteiger partial charge is 0.711 e. The molecule has 2 atom stereocenters. The van der Waals surface area contributed by atoms with Gasteiger partial charge in [-0.05, 0) is 203 Å². The second kappa shape index (κ2) is 25.7. The van der Waals surface area contributed by atoms with E-state index in [-0.39, 0.29) is 66.7 Å². The fraction of sp³-hybridized carbons (Fsp3) is 0.457. The molecule has 2 N–H and O–H groups in total. The van der Waals surface area contributed by atoms with Crippen molar-refractivity contribution in [2.24, 2.45) is 22.7 Å². The van der Waals surface area contributed by atoms with Crippen LogP contribution in [0.5, 0.6) is 23.0 Å². The lowest BCUT2D eigenvalue weighted by atomic mass is 9.71. The summed E-state index contributed by atoms with van der Waals surface area (Å²) in [5.41, 5.74) is 14.1. The molecule has 6 nitrogen and oxygen atoms in total. The molecule has 1 saturated carbocycles. The first-order chi connectivity index (χ1) is 46.1. The number of phenols is 2. The summed E-state index contributed by atoms with van der Waals surface area (Å²) in [6.07, 6.45) is 5.52. The molecule has 100 heavy (non-hydrogen) atoms. The van der Waals surface area contributed by atoms with Crippen molar-refractivity contribution in [3.63, 3.8) is 0 Å². The Bertz CT molecular complexity index is 4350. The predicted octanol–water partition coefficient (Wildman–Crippen LogP) is 26.8. The number of aromatic nitrogens is 2. The number of hydrogen-bond acceptors (Lipinski definition) is 2. The van der Waals surface area contributed by atoms with E-state index in [0.717, 1.165) is 93.3 Å². The van der Waals surface area contributed by atoms with E-state index in [2.05, 4.69) is 267 Å². The molecule has 0 amide bonds. The highest BCUT2D eigenvalue weighted by Crippen LogP contribution is 2.54. The average Bonchev–Trinajstić information content (AvgIpc) is 1.48. The van der Waals surface area contributed by atoms with Gasteiger partial charge in [0.15, 0.2) is 13.2 Å². The lowest BCUT2D eigenvalue weighted by molar-refractivity contribution is -0.0612. The maximum Gasteiger partial charge on any atom is 0.237 e. The molecule has 2 aromatic heterocycles. The van der Waals surface area contributed by atoms with Crippen LogP contribution in [0.1, 0.15) is 235 Å². The van der Waals surface area contributed by atoms with Crippen LogP contribution in [0, 0.1) is 62.4 Å². The number of phenolic OH excluding ortho intramolecular Hbond substituents is 2. The molecule has 0 bridgehead atoms. The van der Waals surface area contributed by atoms with Crippen LogP contribution in [0.3, 0.4) is 0 Å². The Labute approximate surface area is 598 Å². The van der Waals surface area contributed by atoms with Crippen molar-refractivity contribution >= 4 is 43.6 Å². The normalized spacial score (nSPS) is 15.7. The molecule has 11 rings (SSSR count). The molecule has 0 radical (unpaired) electrons. The summed E-state index contributed by atoms with van der Waals surface area (Å²) in [4.78, 5) is 0. The molecule has 0 spiro atoms. The van der Waals surface area contributed by atoms with E-state index in [9.17, 15) is 10.2 Å². The molecule has 2 heterocycles. The molecule has 2 unspecified atom stereocenters. The molecule has 1 aliphatic carbocycles. The molecule has 8 heteroatoms. The van der Waals surface area contributed by atoms with Crippen molar-refractivity contribution in [3.8, 4) is 56.6 Å². The van der Waals surface area contributed by atoms with Gasteiger partial charge >= 0.3 is 0 Å². The van der Waals surface area contributed by atoms with Gasteiger partial charge in [0.05, 0.1) is 44.6 Å². The summed E-state index contributed by atoms with van der Waals surface area (Å²) in [5, 5.41) is 31.4. The molecule has 0 aliphatic heterocycles. The van der Waals surface area contributed by atoms with Crippen molar-refractivity contribution in [1.29, 1.82) is 0 Å². The molecule has 0 saturated heterocycles. The van der Waals surface area contributed by atoms with Crippen LogP contribution in [0.2, 0.25) is 0 Å². The highest BCUT2D eigenvalue weighted by molar-refractivity contribution is 6.11. The van der Waals surface area contributed by atoms with Gasteiger partial charge in [0.1, 0.15) is 23.1 Å². The van der Waals surface area contributed by atoms with Gasteiger partial charge in [-0.25, -0.2) is 8.78 Å². The predicted molar refractivity (Wildman–Crippen MR) is 421 cm³/mol. The standard InChI is InChI=1S/C92H116F2N2O4/c1-55-39-65(93)49-73(71-41-63(91(21,22)53-85(3,4)5)47-79(81(71)97)95-75-43-59(87(9,10)11)31-35-67(75)68-36-32-60(44-76(68)95)88(12,13)14)83(55)99(25)51-57-29-27-28-30-58(57)52-100(26)84-56(2)40-66(94)50-74(84)72-42-64(92(23,24)54-86(6,7)8)48-80(82(72)98)96-77-45-61(89(15,16)17)33-37-69(77)70-38-34-62(46-78(70)96)90(18,19)20/h31-50,57-58,97-98H,25-30,51-54H2,1-24H3. The van der Waals surface area contributed by atoms with E-state index in [1.54, 1.807) is 24.3 Å². The van der Waals surface area contributed by atoms with Gasteiger partial charge in [0.2, 0.25) is 11.5 Å². The molecule has 8 aromatic carbocycles. The smallest absolute Gasteiger partial charge is 0.237 e. The number of nitrogens with zero attached hydrogens (tertiary/aromatic N) is 2. The first-order valence-corrected chi connectivity index (χ1v) is 36.7. The lowest BCUT2D eigenvalue weighted by Gasteiger charge is -2.41. The molecular weight excluding hydrogens is 1240 g/mol. The van der Waals surface area contributed by atoms with Crippen LogP contribution < -0.4 is 0 Å². The fourth-order valence-electron chi connectivity index (χ4n) is 17.1. The van der Waals surface area contributed by atoms with Crippen molar-refractivity contribution in [3.05, 3.63) is 192 Å². The van der Waals surface area contributed by atoms with Gasteiger partial charge < -0.3 is 28.1 Å². The molecular formula is C92H116F2N2O4. The molecule has 1 fully saturated rings. The summed E-state index contributed by atoms with van der Waals surface area (Å²) in [5.74, 6) is 0.787. The van der Waals surface area contributed by atoms with Crippen LogP contribution in [0.15, 0.2) is 121 Å². The van der Waals surface area contributed by atoms with Gasteiger partial charge in [0.25, 0.3) is 0 Å². The second-order valence-electron chi connectivity index (χ2n) is 37.9. The number of fused-ring (bicyclic) bond motifs is 6. The monoisotopic (exact) mass is 1350 g/mol. The van der Waals surface area contributed by atoms with E-state index >= 15 is 8.78 Å². The van der Waals surface area contributed by atoms with E-state index < -0.39 is 11.6 Å². The summed E-state index contributed by atoms with van der Waals surface area (Å²) in [7, 11) is 9.58. The first-order valence-electron chi connectivity index (χ1n) is 36.7. The Balaban J connectivity index is 1.04. The Hall–Kier alpha value is -7.58. The van der Waals surface area contributed by atoms with Crippen molar-refractivity contribution in [1.82, 2.24) is 9.13 Å². The zero-order chi connectivity index (χ0) is 73.4. The highest BCUT2D eigenvalue weighted by Gasteiger charge is 2.38. The van der Waals surface area contributed by atoms with Gasteiger partial charge in [-0.15, -0.1) is 0 Å². The zero-order valence-corrected chi connectivity index (χ0v) is 65.1. The first kappa shape index (κ1) is 73.6. The Morgan fingerprint density at radius 1 is 0.380 bits per heavy atom. The van der Waals surface area contributed by atoms with E-state index in [0.29, 0.717) is 69.5 Å². The number of hydrogen-bond donors (Lipinski definition) is 2. The number of rotatable bonds is 14. The molecule has 532 valence electrons. The van der Waals surface area contributed by atoms with Gasteiger partial charge in [0, 0.05) is 55.6 Å². The number of aromatic hydroxyl groups is 2. The number of aryl methyl sites for hydroxylation is 2. The van der Waals surface area contributed by atoms with Crippen LogP contribution >= 0.6 is 0 Å². The number of halogens is 2. The lowest BCUT2D eigenvalue weighted by Crippen LogP contribution is -2.31. The minimum absolute atomic E-state index is 0.0460. The van der Waals surface area contributed by atoms with Crippen LogP contribution in [-0.2, 0) is 41.2 Å². The summed E-state index contributed by atoms with van der Waals surface area (Å²) >= 11 is 0. The Morgan fingerprint density at radius 2 is 0.660 bits per heavy atom. The maximum absolute atomic E-state index is 16.7. The summed E-state index contributed by atoms with van der Waals surface area (Å²) in [6, 6.07) is 41.9. The van der Waals surface area contributed by atoms with Crippen LogP contribution in [-0.4, -0.2) is 32.6 Å². The minimum atomic E-state index is -0.405. The van der Waals surface area contributed by atoms with Crippen LogP contribution in [0.4, 0.5) is 8.78 Å². The third-order valence-corrected chi connectivity index (χ3v) is 21.7. The highest BCUT2D eigenvalue weighted by atomic mass is 19.1. The van der Waals surface area contributed by atoms with Gasteiger partial charge in [-0.2, -0.15) is 0 Å². The van der Waals surface area contributed by atoms with E-state index in [1.165, 1.54) is 22.3 Å². The van der Waals surface area contributed by atoms with Crippen LogP contribution in [0.25, 0.3) is 77.2 Å². The van der Waals surface area contributed by atoms with Crippen molar-refractivity contribution in [2.45, 2.75) is 237 Å². The third-order valence-electron chi connectivity index (χ3n) is 21.7. The summed E-state index contributed by atoms with van der Waals surface area (Å²) < 4.78 is 44.4. The quantitative estimate of drug-likeness (QED) is 0.0842. The van der Waals surface area contributed by atoms with Crippen molar-refractivity contribution < 1.29 is 27.7 Å². The SMILES string of the molecule is [CH2-][O+](CC1CCCCC1C[O+]([CH2-])c1c(C)cc(F)cc1-c1cc(C(C)(C)CC(C)(C)C)cc(-n2c3cc(C(C)(C)C)ccc3c3ccc(C(C)(C)C)cc32)c1O)c1c(C)cc(F)cc1-c1cc(C(C)(C)CC(C)(C)C)cc(-n2c3cc(C(C)(C)C)ccc3c3ccc(C(C)(C)C)cc32)c1O. The van der Waals surface area contributed by atoms with E-state index in [4.69, 9.17) is 14.2 Å². The molecule has 1 aliphatic rings. The Kier molecular flexibility index (Phi) is 18.9. The molecule has 10 aromatic rings. The minimum Gasteiger partial charge on any atom is -0.711 e. The third kappa shape index (κ3) is 14.5. The second-order valence-corrected chi connectivity index (χ2v) is 37.9. The fourth-order valence-corrected chi connectivity index (χ4v) is 17.1. The average molecular weight is 1350 g/mol. The maximum atomic E-state index is 16.7. The van der Waals surface area contributed by atoms with Gasteiger partial charge in [-0.1, -0.05) is 214 Å².